The maximum absolute atomic E-state index is 12.1. The molecule has 1 aliphatic heterocycles. The van der Waals surface area contributed by atoms with Crippen LogP contribution in [0.25, 0.3) is 0 Å². The molecule has 1 fully saturated rings. The lowest BCUT2D eigenvalue weighted by atomic mass is 10.2. The number of aromatic nitrogens is 2. The van der Waals surface area contributed by atoms with Gasteiger partial charge >= 0.3 is 0 Å². The minimum absolute atomic E-state index is 0.0260. The fraction of sp³-hybridized carbons (Fsp3) is 0.450. The molecule has 8 heteroatoms. The Morgan fingerprint density at radius 2 is 1.71 bits per heavy atom. The normalized spacial score (nSPS) is 14.6. The molecule has 2 amide bonds. The summed E-state index contributed by atoms with van der Waals surface area (Å²) in [5.41, 5.74) is 1.43. The van der Waals surface area contributed by atoms with Crippen molar-refractivity contribution in [3.63, 3.8) is 0 Å². The lowest BCUT2D eigenvalue weighted by molar-refractivity contribution is -0.118. The second-order valence-electron chi connectivity index (χ2n) is 6.83. The molecule has 0 unspecified atom stereocenters. The third-order valence-electron chi connectivity index (χ3n) is 4.65. The SMILES string of the molecule is Cc1nccn1CCCC(=O)Nc1ccc(NC(=O)CN2CCOCC2)cc1. The highest BCUT2D eigenvalue weighted by atomic mass is 16.5. The number of ether oxygens (including phenoxy) is 1. The van der Waals surface area contributed by atoms with Crippen molar-refractivity contribution in [3.05, 3.63) is 42.5 Å². The van der Waals surface area contributed by atoms with E-state index in [9.17, 15) is 9.59 Å². The van der Waals surface area contributed by atoms with Crippen LogP contribution in [0, 0.1) is 6.92 Å². The molecule has 1 aliphatic rings. The highest BCUT2D eigenvalue weighted by molar-refractivity contribution is 5.93. The van der Waals surface area contributed by atoms with Gasteiger partial charge in [0.2, 0.25) is 11.8 Å². The first kappa shape index (κ1) is 20.0. The largest absolute Gasteiger partial charge is 0.379 e. The Morgan fingerprint density at radius 3 is 2.32 bits per heavy atom. The molecule has 1 saturated heterocycles. The van der Waals surface area contributed by atoms with Crippen LogP contribution in [0.3, 0.4) is 0 Å². The van der Waals surface area contributed by atoms with E-state index in [1.807, 2.05) is 17.7 Å². The summed E-state index contributed by atoms with van der Waals surface area (Å²) in [6.45, 7) is 5.97. The first-order chi connectivity index (χ1) is 13.6. The first-order valence-electron chi connectivity index (χ1n) is 9.58. The molecule has 0 bridgehead atoms. The summed E-state index contributed by atoms with van der Waals surface area (Å²) >= 11 is 0. The van der Waals surface area contributed by atoms with Gasteiger partial charge in [0, 0.05) is 49.8 Å². The highest BCUT2D eigenvalue weighted by Crippen LogP contribution is 2.14. The van der Waals surface area contributed by atoms with Crippen molar-refractivity contribution < 1.29 is 14.3 Å². The third-order valence-corrected chi connectivity index (χ3v) is 4.65. The number of carbonyl (C=O) groups is 2. The van der Waals surface area contributed by atoms with Crippen molar-refractivity contribution in [3.8, 4) is 0 Å². The van der Waals surface area contributed by atoms with Gasteiger partial charge in [-0.2, -0.15) is 0 Å². The number of imidazole rings is 1. The molecule has 1 aromatic carbocycles. The fourth-order valence-corrected chi connectivity index (χ4v) is 3.07. The van der Waals surface area contributed by atoms with Crippen LogP contribution in [0.15, 0.2) is 36.7 Å². The quantitative estimate of drug-likeness (QED) is 0.724. The van der Waals surface area contributed by atoms with Crippen LogP contribution in [0.4, 0.5) is 11.4 Å². The molecule has 2 aromatic rings. The number of hydrogen-bond acceptors (Lipinski definition) is 5. The molecule has 0 aliphatic carbocycles. The predicted molar refractivity (Wildman–Crippen MR) is 107 cm³/mol. The monoisotopic (exact) mass is 385 g/mol. The van der Waals surface area contributed by atoms with Crippen LogP contribution in [-0.4, -0.2) is 59.1 Å². The lowest BCUT2D eigenvalue weighted by Gasteiger charge is -2.25. The molecule has 0 saturated carbocycles. The molecule has 3 rings (SSSR count). The van der Waals surface area contributed by atoms with Gasteiger partial charge in [-0.15, -0.1) is 0 Å². The third kappa shape index (κ3) is 6.17. The van der Waals surface area contributed by atoms with Crippen LogP contribution < -0.4 is 10.6 Å². The van der Waals surface area contributed by atoms with E-state index in [2.05, 4.69) is 20.5 Å². The molecular formula is C20H27N5O3. The molecule has 0 spiro atoms. The first-order valence-corrected chi connectivity index (χ1v) is 9.58. The minimum atomic E-state index is -0.0477. The number of anilines is 2. The van der Waals surface area contributed by atoms with Gasteiger partial charge in [-0.05, 0) is 37.6 Å². The number of rotatable bonds is 8. The smallest absolute Gasteiger partial charge is 0.238 e. The van der Waals surface area contributed by atoms with Crippen molar-refractivity contribution in [2.45, 2.75) is 26.3 Å². The Hall–Kier alpha value is -2.71. The summed E-state index contributed by atoms with van der Waals surface area (Å²) in [5.74, 6) is 0.877. The summed E-state index contributed by atoms with van der Waals surface area (Å²) in [7, 11) is 0. The second kappa shape index (κ2) is 10.0. The maximum atomic E-state index is 12.1. The van der Waals surface area contributed by atoms with E-state index < -0.39 is 0 Å². The van der Waals surface area contributed by atoms with Crippen LogP contribution in [0.2, 0.25) is 0 Å². The Balaban J connectivity index is 1.39. The maximum Gasteiger partial charge on any atom is 0.238 e. The van der Waals surface area contributed by atoms with Gasteiger partial charge in [-0.3, -0.25) is 14.5 Å². The van der Waals surface area contributed by atoms with Crippen molar-refractivity contribution >= 4 is 23.2 Å². The van der Waals surface area contributed by atoms with E-state index >= 15 is 0 Å². The number of amides is 2. The topological polar surface area (TPSA) is 88.5 Å². The van der Waals surface area contributed by atoms with Gasteiger partial charge in [0.15, 0.2) is 0 Å². The number of hydrogen-bond donors (Lipinski definition) is 2. The van der Waals surface area contributed by atoms with E-state index in [0.717, 1.165) is 37.6 Å². The second-order valence-corrected chi connectivity index (χ2v) is 6.83. The summed E-state index contributed by atoms with van der Waals surface area (Å²) in [4.78, 5) is 30.4. The lowest BCUT2D eigenvalue weighted by Crippen LogP contribution is -2.41. The fourth-order valence-electron chi connectivity index (χ4n) is 3.07. The standard InChI is InChI=1S/C20H27N5O3/c1-16-21-8-10-25(16)9-2-3-19(26)22-17-4-6-18(7-5-17)23-20(27)15-24-11-13-28-14-12-24/h4-8,10H,2-3,9,11-15H2,1H3,(H,22,26)(H,23,27). The Kier molecular flexibility index (Phi) is 7.16. The molecule has 1 aromatic heterocycles. The molecular weight excluding hydrogens is 358 g/mol. The number of aryl methyl sites for hydroxylation is 2. The van der Waals surface area contributed by atoms with Crippen LogP contribution in [-0.2, 0) is 20.9 Å². The van der Waals surface area contributed by atoms with E-state index in [1.54, 1.807) is 30.5 Å². The van der Waals surface area contributed by atoms with E-state index in [-0.39, 0.29) is 11.8 Å². The number of nitrogens with one attached hydrogen (secondary N) is 2. The highest BCUT2D eigenvalue weighted by Gasteiger charge is 2.14. The Morgan fingerprint density at radius 1 is 1.07 bits per heavy atom. The summed E-state index contributed by atoms with van der Waals surface area (Å²) < 4.78 is 7.31. The van der Waals surface area contributed by atoms with Crippen LogP contribution in [0.5, 0.6) is 0 Å². The van der Waals surface area contributed by atoms with Gasteiger partial charge in [-0.25, -0.2) is 4.98 Å². The van der Waals surface area contributed by atoms with Gasteiger partial charge in [0.25, 0.3) is 0 Å². The van der Waals surface area contributed by atoms with Gasteiger partial charge in [0.1, 0.15) is 5.82 Å². The number of benzene rings is 1. The molecule has 2 N–H and O–H groups in total. The average Bonchev–Trinajstić information content (AvgIpc) is 3.09. The predicted octanol–water partition coefficient (Wildman–Crippen LogP) is 1.88. The molecule has 28 heavy (non-hydrogen) atoms. The van der Waals surface area contributed by atoms with E-state index in [1.165, 1.54) is 0 Å². The molecule has 0 atom stereocenters. The van der Waals surface area contributed by atoms with Gasteiger partial charge in [-0.1, -0.05) is 0 Å². The number of carbonyl (C=O) groups excluding carboxylic acids is 2. The Bertz CT molecular complexity index is 781. The average molecular weight is 385 g/mol. The zero-order valence-electron chi connectivity index (χ0n) is 16.2. The van der Waals surface area contributed by atoms with Gasteiger partial charge < -0.3 is 19.9 Å². The number of nitrogens with zero attached hydrogens (tertiary/aromatic N) is 3. The zero-order valence-corrected chi connectivity index (χ0v) is 16.2. The van der Waals surface area contributed by atoms with Crippen molar-refractivity contribution in [1.29, 1.82) is 0 Å². The molecule has 150 valence electrons. The van der Waals surface area contributed by atoms with Gasteiger partial charge in [0.05, 0.1) is 19.8 Å². The number of morpholine rings is 1. The van der Waals surface area contributed by atoms with Crippen LogP contribution in [0.1, 0.15) is 18.7 Å². The summed E-state index contributed by atoms with van der Waals surface area (Å²) in [6.07, 6.45) is 4.87. The van der Waals surface area contributed by atoms with Crippen LogP contribution >= 0.6 is 0 Å². The summed E-state index contributed by atoms with van der Waals surface area (Å²) in [5, 5.41) is 5.77. The summed E-state index contributed by atoms with van der Waals surface area (Å²) in [6, 6.07) is 7.17. The Labute approximate surface area is 164 Å². The van der Waals surface area contributed by atoms with Crippen molar-refractivity contribution in [1.82, 2.24) is 14.5 Å². The van der Waals surface area contributed by atoms with E-state index in [4.69, 9.17) is 4.74 Å². The minimum Gasteiger partial charge on any atom is -0.379 e. The van der Waals surface area contributed by atoms with E-state index in [0.29, 0.717) is 31.9 Å². The molecule has 2 heterocycles. The molecule has 8 nitrogen and oxygen atoms in total. The van der Waals surface area contributed by atoms with Crippen molar-refractivity contribution in [2.75, 3.05) is 43.5 Å². The molecule has 0 radical (unpaired) electrons. The van der Waals surface area contributed by atoms with Crippen molar-refractivity contribution in [2.24, 2.45) is 0 Å². The zero-order chi connectivity index (χ0) is 19.8.